The lowest BCUT2D eigenvalue weighted by molar-refractivity contribution is 0.0664. The smallest absolute Gasteiger partial charge is 0.289 e. The zero-order valence-corrected chi connectivity index (χ0v) is 24.1. The zero-order valence-electron chi connectivity index (χ0n) is 14.7. The molecule has 0 N–H and O–H groups in total. The van der Waals surface area contributed by atoms with E-state index in [1.54, 1.807) is 19.1 Å². The van der Waals surface area contributed by atoms with E-state index in [4.69, 9.17) is 118 Å². The van der Waals surface area contributed by atoms with Gasteiger partial charge in [-0.15, -0.1) is 0 Å². The van der Waals surface area contributed by atoms with Crippen LogP contribution >= 0.6 is 120 Å². The second kappa shape index (κ2) is 9.32. The van der Waals surface area contributed by atoms with Crippen LogP contribution in [0.1, 0.15) is 5.56 Å². The molecule has 2 bridgehead atoms. The minimum absolute atomic E-state index is 0.178. The first-order valence-corrected chi connectivity index (χ1v) is 15.7. The normalized spacial score (nSPS) is 32.2. The average Bonchev–Trinajstić information content (AvgIpc) is 2.58. The van der Waals surface area contributed by atoms with Crippen molar-refractivity contribution in [1.29, 1.82) is 0 Å². The van der Waals surface area contributed by atoms with Crippen molar-refractivity contribution in [2.24, 2.45) is 4.15 Å². The predicted octanol–water partition coefficient (Wildman–Crippen LogP) is 8.28. The Hall–Kier alpha value is 2.32. The third-order valence-corrected chi connectivity index (χ3v) is 14.6. The molecule has 3 aliphatic heterocycles. The second-order valence-corrected chi connectivity index (χ2v) is 19.3. The Morgan fingerprint density at radius 2 is 1.16 bits per heavy atom. The lowest BCUT2D eigenvalue weighted by Gasteiger charge is -2.55. The fourth-order valence-corrected chi connectivity index (χ4v) is 14.5. The Labute approximate surface area is 225 Å². The van der Waals surface area contributed by atoms with E-state index in [2.05, 4.69) is 4.15 Å². The molecule has 3 saturated heterocycles. The number of hydrogen-bond acceptors (Lipinski definition) is 5. The number of rotatable bonds is 2. The lowest BCUT2D eigenvalue weighted by Crippen LogP contribution is -2.50. The van der Waals surface area contributed by atoms with Crippen molar-refractivity contribution in [3.05, 3.63) is 29.8 Å². The van der Waals surface area contributed by atoms with Gasteiger partial charge in [0.05, 0.1) is 4.90 Å². The van der Waals surface area contributed by atoms with Crippen LogP contribution in [0.5, 0.6) is 0 Å². The van der Waals surface area contributed by atoms with Crippen LogP contribution in [0.3, 0.4) is 0 Å². The topological polar surface area (TPSA) is 74.2 Å². The zero-order chi connectivity index (χ0) is 23.6. The largest absolute Gasteiger partial charge is 0.373 e. The van der Waals surface area contributed by atoms with Crippen LogP contribution in [0.4, 0.5) is 0 Å². The summed E-state index contributed by atoms with van der Waals surface area (Å²) in [7, 11) is -10.8. The van der Waals surface area contributed by atoms with Crippen LogP contribution in [0.15, 0.2) is 33.3 Å². The summed E-state index contributed by atoms with van der Waals surface area (Å²) in [4.78, 5) is -0.178. The van der Waals surface area contributed by atoms with Gasteiger partial charge in [-0.05, 0) is 19.1 Å². The highest BCUT2D eigenvalue weighted by atomic mass is 35.6. The van der Waals surface area contributed by atoms with Gasteiger partial charge in [0.15, 0.2) is 0 Å². The SMILES string of the molecule is Cc1ccc(S(=O)(=O)N=P23O[C@@H](C(Cl)(Cl)Cl)P([C@@H](C(Cl)(Cl)Cl)O2)[C@@H](C(Cl)(Cl)Cl)O3)cc1. The number of aryl methyl sites for hydroxylation is 1. The van der Waals surface area contributed by atoms with Crippen molar-refractivity contribution >= 4 is 130 Å². The Morgan fingerprint density at radius 3 is 1.48 bits per heavy atom. The van der Waals surface area contributed by atoms with Crippen molar-refractivity contribution in [3.63, 3.8) is 0 Å². The van der Waals surface area contributed by atoms with Crippen LogP contribution in [0.25, 0.3) is 0 Å². The number of sulfonamides is 1. The number of benzene rings is 1. The maximum absolute atomic E-state index is 13.0. The molecule has 0 unspecified atom stereocenters. The van der Waals surface area contributed by atoms with Gasteiger partial charge in [0, 0.05) is 7.92 Å². The molecule has 18 heteroatoms. The standard InChI is InChI=1S/C13H10Cl9NO5P2S/c1-6-2-4-7(5-3-6)31(24,25)23-30-26-8(11(14,15)16)29(9(27-30)12(17,18)19)10(28-30)13(20,21)22/h2-5,8-10H,1H3/t8-,9-,10+,29?,30?/m0/s1. The Balaban J connectivity index is 2.23. The van der Waals surface area contributed by atoms with E-state index in [1.165, 1.54) is 12.1 Å². The number of hydrogen-bond donors (Lipinski definition) is 0. The highest BCUT2D eigenvalue weighted by Crippen LogP contribution is 2.83. The monoisotopic (exact) mass is 669 g/mol. The van der Waals surface area contributed by atoms with Gasteiger partial charge in [0.1, 0.15) is 17.5 Å². The quantitative estimate of drug-likeness (QED) is 0.234. The van der Waals surface area contributed by atoms with Crippen LogP contribution in [0.2, 0.25) is 0 Å². The van der Waals surface area contributed by atoms with Crippen molar-refractivity contribution in [1.82, 2.24) is 0 Å². The van der Waals surface area contributed by atoms with Crippen LogP contribution in [-0.4, -0.2) is 37.3 Å². The van der Waals surface area contributed by atoms with Crippen LogP contribution < -0.4 is 0 Å². The number of halogens is 9. The minimum Gasteiger partial charge on any atom is -0.289 e. The molecule has 31 heavy (non-hydrogen) atoms. The molecular weight excluding hydrogens is 663 g/mol. The molecule has 3 heterocycles. The van der Waals surface area contributed by atoms with Crippen molar-refractivity contribution in [2.45, 2.75) is 40.7 Å². The van der Waals surface area contributed by atoms with Crippen molar-refractivity contribution < 1.29 is 22.0 Å². The van der Waals surface area contributed by atoms with Crippen molar-refractivity contribution in [3.8, 4) is 0 Å². The third kappa shape index (κ3) is 6.18. The van der Waals surface area contributed by atoms with Crippen LogP contribution in [0, 0.1) is 6.92 Å². The van der Waals surface area contributed by atoms with Gasteiger partial charge in [0.2, 0.25) is 11.4 Å². The summed E-state index contributed by atoms with van der Waals surface area (Å²) < 4.78 is 40.3. The molecule has 3 atom stereocenters. The van der Waals surface area contributed by atoms with Gasteiger partial charge in [-0.3, -0.25) is 13.6 Å². The van der Waals surface area contributed by atoms with E-state index in [9.17, 15) is 8.42 Å². The lowest BCUT2D eigenvalue weighted by atomic mass is 10.2. The fourth-order valence-electron chi connectivity index (χ4n) is 2.62. The number of fused-ring (bicyclic) bond motifs is 3. The Bertz CT molecular complexity index is 940. The third-order valence-electron chi connectivity index (χ3n) is 3.88. The Morgan fingerprint density at radius 1 is 0.806 bits per heavy atom. The van der Waals surface area contributed by atoms with Gasteiger partial charge in [-0.1, -0.05) is 126 Å². The van der Waals surface area contributed by atoms with E-state index in [0.29, 0.717) is 0 Å². The molecule has 4 rings (SSSR count). The molecule has 0 aromatic heterocycles. The van der Waals surface area contributed by atoms with Gasteiger partial charge in [-0.2, -0.15) is 8.42 Å². The summed E-state index contributed by atoms with van der Waals surface area (Å²) in [6.07, 6.45) is 0. The fraction of sp³-hybridized carbons (Fsp3) is 0.538. The van der Waals surface area contributed by atoms with E-state index in [0.717, 1.165) is 5.56 Å². The second-order valence-electron chi connectivity index (χ2n) is 6.28. The molecule has 3 fully saturated rings. The maximum Gasteiger partial charge on any atom is 0.373 e. The highest BCUT2D eigenvalue weighted by molar-refractivity contribution is 7.93. The first kappa shape index (κ1) is 27.9. The molecule has 0 spiro atoms. The molecular formula is C13H10Cl9NO5P2S. The van der Waals surface area contributed by atoms with Crippen LogP contribution in [-0.2, 0) is 23.6 Å². The van der Waals surface area contributed by atoms with E-state index < -0.39 is 54.6 Å². The summed E-state index contributed by atoms with van der Waals surface area (Å²) in [6.45, 7) is 1.78. The van der Waals surface area contributed by atoms with Gasteiger partial charge >= 0.3 is 7.74 Å². The summed E-state index contributed by atoms with van der Waals surface area (Å²) in [5.74, 6) is -4.16. The molecule has 0 saturated carbocycles. The average molecular weight is 673 g/mol. The molecule has 0 radical (unpaired) electrons. The molecule has 1 aromatic rings. The Kier molecular flexibility index (Phi) is 8.39. The van der Waals surface area contributed by atoms with Gasteiger partial charge in [-0.25, -0.2) is 0 Å². The highest BCUT2D eigenvalue weighted by Gasteiger charge is 2.68. The van der Waals surface area contributed by atoms with Gasteiger partial charge < -0.3 is 0 Å². The molecule has 6 nitrogen and oxygen atoms in total. The van der Waals surface area contributed by atoms with Crippen molar-refractivity contribution in [2.75, 3.05) is 0 Å². The van der Waals surface area contributed by atoms with Gasteiger partial charge in [0.25, 0.3) is 10.0 Å². The number of nitrogens with zero attached hydrogens (tertiary/aromatic N) is 1. The summed E-state index contributed by atoms with van der Waals surface area (Å²) in [5.41, 5.74) is 0.820. The summed E-state index contributed by atoms with van der Waals surface area (Å²) in [6, 6.07) is 5.80. The molecule has 176 valence electrons. The number of alkyl halides is 9. The van der Waals surface area contributed by atoms with E-state index in [1.807, 2.05) is 0 Å². The molecule has 3 aliphatic rings. The van der Waals surface area contributed by atoms with E-state index >= 15 is 0 Å². The first-order chi connectivity index (χ1) is 13.9. The minimum atomic E-state index is -4.41. The maximum atomic E-state index is 13.0. The molecule has 1 aromatic carbocycles. The molecule has 0 aliphatic carbocycles. The summed E-state index contributed by atoms with van der Waals surface area (Å²) >= 11 is 54.8. The van der Waals surface area contributed by atoms with E-state index in [-0.39, 0.29) is 4.90 Å². The molecule has 0 amide bonds. The first-order valence-electron chi connectivity index (χ1n) is 7.84. The summed E-state index contributed by atoms with van der Waals surface area (Å²) in [5, 5.41) is 0. The predicted molar refractivity (Wildman–Crippen MR) is 130 cm³/mol.